The Balaban J connectivity index is 4.47. The average Bonchev–Trinajstić information content (AvgIpc) is 2.55. The normalized spacial score (nSPS) is 14.2. The van der Waals surface area contributed by atoms with Crippen LogP contribution in [0.25, 0.3) is 0 Å². The number of carbonyl (C=O) groups excluding carboxylic acids is 2. The Bertz CT molecular complexity index is 405. The fraction of sp³-hybridized carbons (Fsp3) is 0.900. The number of nitrogens with one attached hydrogen (secondary N) is 2. The third-order valence-corrected chi connectivity index (χ3v) is 4.81. The molecule has 0 fully saturated rings. The number of amides is 2. The fourth-order valence-electron chi connectivity index (χ4n) is 2.89. The van der Waals surface area contributed by atoms with Crippen LogP contribution in [-0.4, -0.2) is 34.8 Å². The molecule has 4 N–H and O–H groups in total. The highest BCUT2D eigenvalue weighted by Crippen LogP contribution is 2.21. The highest BCUT2D eigenvalue weighted by atomic mass is 16.5. The smallest absolute Gasteiger partial charge is 0.244 e. The van der Waals surface area contributed by atoms with Gasteiger partial charge in [-0.25, -0.2) is 5.48 Å². The maximum absolute atomic E-state index is 12.6. The molecule has 0 rings (SSSR count). The maximum atomic E-state index is 12.6. The molecule has 2 amide bonds. The summed E-state index contributed by atoms with van der Waals surface area (Å²) in [6, 6.07) is -0.370. The molecule has 6 nitrogen and oxygen atoms in total. The van der Waals surface area contributed by atoms with Gasteiger partial charge in [0.2, 0.25) is 11.8 Å². The molecule has 0 aromatic carbocycles. The van der Waals surface area contributed by atoms with Crippen LogP contribution in [0, 0.1) is 17.3 Å². The molecule has 6 heteroatoms. The topological polar surface area (TPSA) is 98.7 Å². The first-order valence-corrected chi connectivity index (χ1v) is 9.96. The quantitative estimate of drug-likeness (QED) is 0.226. The van der Waals surface area contributed by atoms with Gasteiger partial charge in [0.15, 0.2) is 0 Å². The standard InChI is InChI=1S/C20H40N2O4/c1-15(2)11-9-7-6-8-10-12-16(13-18(24)22-26)19(25)21-17(14-23)20(3,4)5/h15-17,23,26H,6-14H2,1-5H3,(H,21,25)(H,22,24)/t16-,17-/m1/s1. The van der Waals surface area contributed by atoms with Gasteiger partial charge in [0.1, 0.15) is 0 Å². The summed E-state index contributed by atoms with van der Waals surface area (Å²) in [6.07, 6.45) is 7.28. The second kappa shape index (κ2) is 13.1. The van der Waals surface area contributed by atoms with Gasteiger partial charge in [-0.05, 0) is 17.8 Å². The van der Waals surface area contributed by atoms with Crippen molar-refractivity contribution in [2.24, 2.45) is 17.3 Å². The summed E-state index contributed by atoms with van der Waals surface area (Å²) in [4.78, 5) is 24.1. The van der Waals surface area contributed by atoms with Crippen molar-refractivity contribution >= 4 is 11.8 Å². The van der Waals surface area contributed by atoms with Gasteiger partial charge in [-0.15, -0.1) is 0 Å². The van der Waals surface area contributed by atoms with Crippen molar-refractivity contribution in [1.82, 2.24) is 10.8 Å². The molecule has 0 saturated carbocycles. The van der Waals surface area contributed by atoms with Gasteiger partial charge in [0.25, 0.3) is 0 Å². The summed E-state index contributed by atoms with van der Waals surface area (Å²) in [6.45, 7) is 10.1. The minimum atomic E-state index is -0.557. The van der Waals surface area contributed by atoms with Gasteiger partial charge in [0, 0.05) is 12.3 Å². The van der Waals surface area contributed by atoms with E-state index in [1.54, 1.807) is 5.48 Å². The Morgan fingerprint density at radius 3 is 1.96 bits per heavy atom. The van der Waals surface area contributed by atoms with Crippen LogP contribution in [0.15, 0.2) is 0 Å². The van der Waals surface area contributed by atoms with Crippen molar-refractivity contribution < 1.29 is 19.9 Å². The number of aliphatic hydroxyl groups excluding tert-OH is 1. The number of carbonyl (C=O) groups is 2. The second-order valence-electron chi connectivity index (χ2n) is 8.78. The molecule has 0 aromatic heterocycles. The fourth-order valence-corrected chi connectivity index (χ4v) is 2.89. The van der Waals surface area contributed by atoms with Gasteiger partial charge < -0.3 is 10.4 Å². The van der Waals surface area contributed by atoms with Crippen LogP contribution in [-0.2, 0) is 9.59 Å². The van der Waals surface area contributed by atoms with E-state index in [9.17, 15) is 14.7 Å². The third-order valence-electron chi connectivity index (χ3n) is 4.81. The van der Waals surface area contributed by atoms with Crippen molar-refractivity contribution in [2.45, 2.75) is 92.0 Å². The Labute approximate surface area is 159 Å². The SMILES string of the molecule is CC(C)CCCCCCC[C@H](CC(=O)NO)C(=O)N[C@H](CO)C(C)(C)C. The molecule has 0 radical (unpaired) electrons. The lowest BCUT2D eigenvalue weighted by molar-refractivity contribution is -0.135. The predicted molar refractivity (Wildman–Crippen MR) is 104 cm³/mol. The molecule has 0 bridgehead atoms. The monoisotopic (exact) mass is 372 g/mol. The van der Waals surface area contributed by atoms with Crippen molar-refractivity contribution in [2.75, 3.05) is 6.61 Å². The van der Waals surface area contributed by atoms with E-state index in [0.717, 1.165) is 25.2 Å². The Kier molecular flexibility index (Phi) is 12.5. The number of rotatable bonds is 13. The number of hydroxylamine groups is 1. The third kappa shape index (κ3) is 11.5. The van der Waals surface area contributed by atoms with Crippen LogP contribution in [0.4, 0.5) is 0 Å². The highest BCUT2D eigenvalue weighted by molar-refractivity contribution is 5.85. The number of aliphatic hydroxyl groups is 1. The van der Waals surface area contributed by atoms with E-state index in [-0.39, 0.29) is 30.4 Å². The first kappa shape index (κ1) is 24.9. The molecule has 0 heterocycles. The molecule has 0 aromatic rings. The van der Waals surface area contributed by atoms with Gasteiger partial charge in [-0.3, -0.25) is 14.8 Å². The Morgan fingerprint density at radius 1 is 0.962 bits per heavy atom. The molecule has 0 aliphatic carbocycles. The zero-order valence-electron chi connectivity index (χ0n) is 17.3. The minimum Gasteiger partial charge on any atom is -0.394 e. The molecule has 0 saturated heterocycles. The Morgan fingerprint density at radius 2 is 1.50 bits per heavy atom. The summed E-state index contributed by atoms with van der Waals surface area (Å²) in [5.74, 6) is -0.544. The van der Waals surface area contributed by atoms with Gasteiger partial charge in [-0.2, -0.15) is 0 Å². The largest absolute Gasteiger partial charge is 0.394 e. The van der Waals surface area contributed by atoms with E-state index in [4.69, 9.17) is 5.21 Å². The van der Waals surface area contributed by atoms with Crippen LogP contribution in [0.2, 0.25) is 0 Å². The van der Waals surface area contributed by atoms with E-state index < -0.39 is 11.8 Å². The van der Waals surface area contributed by atoms with Gasteiger partial charge in [0.05, 0.1) is 12.6 Å². The van der Waals surface area contributed by atoms with Gasteiger partial charge in [-0.1, -0.05) is 73.1 Å². The molecule has 0 aliphatic heterocycles. The lowest BCUT2D eigenvalue weighted by Gasteiger charge is -2.31. The molecule has 26 heavy (non-hydrogen) atoms. The van der Waals surface area contributed by atoms with E-state index >= 15 is 0 Å². The first-order chi connectivity index (χ1) is 12.1. The van der Waals surface area contributed by atoms with E-state index in [0.29, 0.717) is 6.42 Å². The summed E-state index contributed by atoms with van der Waals surface area (Å²) >= 11 is 0. The second-order valence-corrected chi connectivity index (χ2v) is 8.78. The zero-order chi connectivity index (χ0) is 20.2. The highest BCUT2D eigenvalue weighted by Gasteiger charge is 2.29. The summed E-state index contributed by atoms with van der Waals surface area (Å²) in [5, 5.41) is 21.1. The first-order valence-electron chi connectivity index (χ1n) is 9.96. The van der Waals surface area contributed by atoms with E-state index in [2.05, 4.69) is 19.2 Å². The lowest BCUT2D eigenvalue weighted by Crippen LogP contribution is -2.48. The minimum absolute atomic E-state index is 0.0437. The molecule has 0 unspecified atom stereocenters. The molecular formula is C20H40N2O4. The lowest BCUT2D eigenvalue weighted by atomic mass is 9.86. The van der Waals surface area contributed by atoms with Crippen molar-refractivity contribution in [3.8, 4) is 0 Å². The van der Waals surface area contributed by atoms with E-state index in [1.807, 2.05) is 20.8 Å². The van der Waals surface area contributed by atoms with Crippen LogP contribution < -0.4 is 10.8 Å². The molecule has 154 valence electrons. The molecule has 2 atom stereocenters. The molecular weight excluding hydrogens is 332 g/mol. The van der Waals surface area contributed by atoms with Crippen LogP contribution >= 0.6 is 0 Å². The van der Waals surface area contributed by atoms with Crippen molar-refractivity contribution in [3.63, 3.8) is 0 Å². The molecule has 0 aliphatic rings. The van der Waals surface area contributed by atoms with E-state index in [1.165, 1.54) is 19.3 Å². The number of unbranched alkanes of at least 4 members (excludes halogenated alkanes) is 4. The molecule has 0 spiro atoms. The average molecular weight is 373 g/mol. The van der Waals surface area contributed by atoms with Crippen LogP contribution in [0.1, 0.15) is 86.0 Å². The summed E-state index contributed by atoms with van der Waals surface area (Å²) in [5.41, 5.74) is 1.34. The number of hydrogen-bond acceptors (Lipinski definition) is 4. The Hall–Kier alpha value is -1.14. The maximum Gasteiger partial charge on any atom is 0.244 e. The number of hydrogen-bond donors (Lipinski definition) is 4. The van der Waals surface area contributed by atoms with Gasteiger partial charge >= 0.3 is 0 Å². The van der Waals surface area contributed by atoms with Crippen molar-refractivity contribution in [1.29, 1.82) is 0 Å². The van der Waals surface area contributed by atoms with Crippen LogP contribution in [0.3, 0.4) is 0 Å². The summed E-state index contributed by atoms with van der Waals surface area (Å²) < 4.78 is 0. The van der Waals surface area contributed by atoms with Crippen LogP contribution in [0.5, 0.6) is 0 Å². The zero-order valence-corrected chi connectivity index (χ0v) is 17.3. The predicted octanol–water partition coefficient (Wildman–Crippen LogP) is 3.41. The summed E-state index contributed by atoms with van der Waals surface area (Å²) in [7, 11) is 0. The van der Waals surface area contributed by atoms with Crippen molar-refractivity contribution in [3.05, 3.63) is 0 Å².